The average molecular weight is 297 g/mol. The maximum absolute atomic E-state index is 12.9. The topological polar surface area (TPSA) is 25.8 Å². The summed E-state index contributed by atoms with van der Waals surface area (Å²) in [7, 11) is 0. The van der Waals surface area contributed by atoms with Gasteiger partial charge in [-0.25, -0.2) is 14.4 Å². The number of hydrogen-bond donors (Lipinski definition) is 0. The van der Waals surface area contributed by atoms with Gasteiger partial charge >= 0.3 is 0 Å². The van der Waals surface area contributed by atoms with E-state index >= 15 is 0 Å². The molecule has 0 aliphatic heterocycles. The molecule has 1 heterocycles. The number of fused-ring (bicyclic) bond motifs is 1. The Morgan fingerprint density at radius 1 is 1.11 bits per heavy atom. The van der Waals surface area contributed by atoms with E-state index in [1.807, 2.05) is 12.1 Å². The van der Waals surface area contributed by atoms with Gasteiger partial charge in [0.2, 0.25) is 5.28 Å². The first-order chi connectivity index (χ1) is 9.13. The summed E-state index contributed by atoms with van der Waals surface area (Å²) in [5, 5.41) is 0.630. The lowest BCUT2D eigenvalue weighted by Crippen LogP contribution is -2.15. The average Bonchev–Trinajstić information content (AvgIpc) is 2.39. The number of rotatable bonds is 1. The maximum Gasteiger partial charge on any atom is 0.224 e. The Bertz CT molecular complexity index is 614. The summed E-state index contributed by atoms with van der Waals surface area (Å²) in [5.41, 5.74) is 3.02. The molecule has 1 atom stereocenters. The molecule has 2 aromatic rings. The van der Waals surface area contributed by atoms with E-state index in [0.29, 0.717) is 11.1 Å². The van der Waals surface area contributed by atoms with Crippen molar-refractivity contribution in [2.24, 2.45) is 0 Å². The minimum Gasteiger partial charge on any atom is -0.223 e. The van der Waals surface area contributed by atoms with Gasteiger partial charge in [-0.1, -0.05) is 23.7 Å². The van der Waals surface area contributed by atoms with Crippen LogP contribution >= 0.6 is 23.2 Å². The van der Waals surface area contributed by atoms with Crippen LogP contribution in [0.5, 0.6) is 0 Å². The fourth-order valence-electron chi connectivity index (χ4n) is 2.56. The standard InChI is InChI=1S/C14H11Cl2FN2/c15-13-11-7-9(8-1-4-10(17)5-2-8)3-6-12(11)18-14(16)19-13/h1-2,4-5,9H,3,6-7H2/t9-/m1/s1. The first-order valence-corrected chi connectivity index (χ1v) is 6.85. The smallest absolute Gasteiger partial charge is 0.223 e. The lowest BCUT2D eigenvalue weighted by atomic mass is 9.83. The van der Waals surface area contributed by atoms with Crippen LogP contribution in [0.15, 0.2) is 24.3 Å². The van der Waals surface area contributed by atoms with E-state index in [1.165, 1.54) is 12.1 Å². The summed E-state index contributed by atoms with van der Waals surface area (Å²) in [6, 6.07) is 6.64. The fourth-order valence-corrected chi connectivity index (χ4v) is 3.06. The second-order valence-corrected chi connectivity index (χ2v) is 5.40. The highest BCUT2D eigenvalue weighted by atomic mass is 35.5. The second kappa shape index (κ2) is 5.06. The van der Waals surface area contributed by atoms with Crippen molar-refractivity contribution in [3.63, 3.8) is 0 Å². The van der Waals surface area contributed by atoms with Crippen LogP contribution in [0.3, 0.4) is 0 Å². The number of aromatic nitrogens is 2. The Labute approximate surface area is 120 Å². The molecule has 2 nitrogen and oxygen atoms in total. The van der Waals surface area contributed by atoms with Gasteiger partial charge in [-0.05, 0) is 54.5 Å². The molecule has 0 N–H and O–H groups in total. The third-order valence-corrected chi connectivity index (χ3v) is 4.02. The van der Waals surface area contributed by atoms with Gasteiger partial charge in [-0.2, -0.15) is 0 Å². The summed E-state index contributed by atoms with van der Waals surface area (Å²) >= 11 is 11.9. The fraction of sp³-hybridized carbons (Fsp3) is 0.286. The predicted octanol–water partition coefficient (Wildman–Crippen LogP) is 4.20. The molecule has 98 valence electrons. The van der Waals surface area contributed by atoms with Crippen molar-refractivity contribution in [2.75, 3.05) is 0 Å². The van der Waals surface area contributed by atoms with E-state index in [4.69, 9.17) is 23.2 Å². The molecule has 0 saturated carbocycles. The van der Waals surface area contributed by atoms with Crippen LogP contribution in [-0.4, -0.2) is 9.97 Å². The highest BCUT2D eigenvalue weighted by Crippen LogP contribution is 2.35. The maximum atomic E-state index is 12.9. The molecule has 19 heavy (non-hydrogen) atoms. The van der Waals surface area contributed by atoms with E-state index in [0.717, 1.165) is 36.1 Å². The van der Waals surface area contributed by atoms with Gasteiger partial charge in [0.25, 0.3) is 0 Å². The molecule has 5 heteroatoms. The molecule has 0 unspecified atom stereocenters. The third kappa shape index (κ3) is 2.58. The SMILES string of the molecule is Fc1ccc([C@@H]2CCc3nc(Cl)nc(Cl)c3C2)cc1. The minimum absolute atomic E-state index is 0.198. The molecule has 0 radical (unpaired) electrons. The molecule has 1 aliphatic carbocycles. The Balaban J connectivity index is 1.92. The van der Waals surface area contributed by atoms with Gasteiger partial charge in [0.15, 0.2) is 0 Å². The van der Waals surface area contributed by atoms with Crippen LogP contribution in [0.25, 0.3) is 0 Å². The van der Waals surface area contributed by atoms with Gasteiger partial charge in [-0.3, -0.25) is 0 Å². The van der Waals surface area contributed by atoms with Crippen molar-refractivity contribution in [1.82, 2.24) is 9.97 Å². The zero-order valence-corrected chi connectivity index (χ0v) is 11.5. The number of aryl methyl sites for hydroxylation is 1. The van der Waals surface area contributed by atoms with E-state index in [-0.39, 0.29) is 11.1 Å². The van der Waals surface area contributed by atoms with Crippen molar-refractivity contribution < 1.29 is 4.39 Å². The zero-order chi connectivity index (χ0) is 13.4. The molecule has 0 saturated heterocycles. The lowest BCUT2D eigenvalue weighted by molar-refractivity contribution is 0.568. The molecule has 3 rings (SSSR count). The molecular weight excluding hydrogens is 286 g/mol. The molecule has 0 bridgehead atoms. The van der Waals surface area contributed by atoms with Crippen molar-refractivity contribution in [3.05, 3.63) is 57.3 Å². The van der Waals surface area contributed by atoms with Crippen molar-refractivity contribution in [3.8, 4) is 0 Å². The van der Waals surface area contributed by atoms with Crippen LogP contribution in [0.4, 0.5) is 4.39 Å². The quantitative estimate of drug-likeness (QED) is 0.582. The van der Waals surface area contributed by atoms with Crippen LogP contribution in [0.2, 0.25) is 10.4 Å². The summed E-state index contributed by atoms with van der Waals surface area (Å²) in [6.07, 6.45) is 2.55. The van der Waals surface area contributed by atoms with E-state index < -0.39 is 0 Å². The Hall–Kier alpha value is -1.19. The van der Waals surface area contributed by atoms with E-state index in [9.17, 15) is 4.39 Å². The van der Waals surface area contributed by atoms with Gasteiger partial charge in [0, 0.05) is 5.56 Å². The van der Waals surface area contributed by atoms with Crippen LogP contribution in [0, 0.1) is 5.82 Å². The van der Waals surface area contributed by atoms with Gasteiger partial charge < -0.3 is 0 Å². The molecule has 0 spiro atoms. The van der Waals surface area contributed by atoms with Crippen LogP contribution in [0.1, 0.15) is 29.2 Å². The molecule has 0 amide bonds. The number of benzene rings is 1. The minimum atomic E-state index is -0.215. The largest absolute Gasteiger partial charge is 0.224 e. The van der Waals surface area contributed by atoms with E-state index in [2.05, 4.69) is 9.97 Å². The zero-order valence-electron chi connectivity index (χ0n) is 10.0. The lowest BCUT2D eigenvalue weighted by Gasteiger charge is -2.24. The van der Waals surface area contributed by atoms with Crippen molar-refractivity contribution in [2.45, 2.75) is 25.2 Å². The molecule has 1 aliphatic rings. The molecule has 1 aromatic carbocycles. The van der Waals surface area contributed by atoms with Crippen LogP contribution < -0.4 is 0 Å². The second-order valence-electron chi connectivity index (χ2n) is 4.70. The number of halogens is 3. The monoisotopic (exact) mass is 296 g/mol. The van der Waals surface area contributed by atoms with Crippen LogP contribution in [-0.2, 0) is 12.8 Å². The number of nitrogens with zero attached hydrogens (tertiary/aromatic N) is 2. The summed E-state index contributed by atoms with van der Waals surface area (Å²) in [5.74, 6) is 0.114. The third-order valence-electron chi connectivity index (χ3n) is 3.54. The van der Waals surface area contributed by atoms with Gasteiger partial charge in [0.1, 0.15) is 11.0 Å². The predicted molar refractivity (Wildman–Crippen MR) is 73.2 cm³/mol. The van der Waals surface area contributed by atoms with E-state index in [1.54, 1.807) is 0 Å². The highest BCUT2D eigenvalue weighted by Gasteiger charge is 2.24. The number of hydrogen-bond acceptors (Lipinski definition) is 2. The first-order valence-electron chi connectivity index (χ1n) is 6.10. The molecular formula is C14H11Cl2FN2. The summed E-state index contributed by atoms with van der Waals surface area (Å²) < 4.78 is 12.9. The van der Waals surface area contributed by atoms with Gasteiger partial charge in [-0.15, -0.1) is 0 Å². The van der Waals surface area contributed by atoms with Gasteiger partial charge in [0.05, 0.1) is 5.69 Å². The van der Waals surface area contributed by atoms with Crippen molar-refractivity contribution in [1.29, 1.82) is 0 Å². The highest BCUT2D eigenvalue weighted by molar-refractivity contribution is 6.32. The first kappa shape index (κ1) is 12.8. The Kier molecular flexibility index (Phi) is 3.42. The normalized spacial score (nSPS) is 18.2. The van der Waals surface area contributed by atoms with Crippen molar-refractivity contribution >= 4 is 23.2 Å². The Morgan fingerprint density at radius 3 is 2.58 bits per heavy atom. The Morgan fingerprint density at radius 2 is 1.84 bits per heavy atom. The summed E-state index contributed by atoms with van der Waals surface area (Å²) in [4.78, 5) is 8.22. The molecule has 1 aromatic heterocycles. The summed E-state index contributed by atoms with van der Waals surface area (Å²) in [6.45, 7) is 0. The molecule has 0 fully saturated rings.